The van der Waals surface area contributed by atoms with Crippen LogP contribution in [-0.2, 0) is 9.59 Å². The molecule has 2 fully saturated rings. The Labute approximate surface area is 162 Å². The Morgan fingerprint density at radius 3 is 2.32 bits per heavy atom. The normalized spacial score (nSPS) is 20.1. The van der Waals surface area contributed by atoms with Gasteiger partial charge in [-0.3, -0.25) is 14.4 Å². The number of hydrogen-bond acceptors (Lipinski definition) is 3. The van der Waals surface area contributed by atoms with E-state index in [1.807, 2.05) is 0 Å². The number of hydrogen-bond donors (Lipinski definition) is 0. The standard InChI is InChI=1S/C20H23F2N3O3/c1-2-18(26)25-7-3-4-14(13-25)19(27)23-8-10-24(11-9-23)20(28)16-6-5-15(21)12-17(16)22/h2,5-6,12,14H,1,3-4,7-11,13H2. The number of likely N-dealkylation sites (tertiary alicyclic amines) is 1. The van der Waals surface area contributed by atoms with Gasteiger partial charge in [-0.25, -0.2) is 8.78 Å². The zero-order valence-electron chi connectivity index (χ0n) is 15.6. The third-order valence-corrected chi connectivity index (χ3v) is 5.30. The molecule has 0 aromatic heterocycles. The first-order valence-corrected chi connectivity index (χ1v) is 9.35. The number of piperazine rings is 1. The van der Waals surface area contributed by atoms with Crippen LogP contribution in [0.3, 0.4) is 0 Å². The van der Waals surface area contributed by atoms with Gasteiger partial charge in [0.1, 0.15) is 11.6 Å². The fraction of sp³-hybridized carbons (Fsp3) is 0.450. The molecule has 3 rings (SSSR count). The van der Waals surface area contributed by atoms with Gasteiger partial charge < -0.3 is 14.7 Å². The average molecular weight is 391 g/mol. The third kappa shape index (κ3) is 4.21. The van der Waals surface area contributed by atoms with Crippen LogP contribution >= 0.6 is 0 Å². The van der Waals surface area contributed by atoms with Crippen LogP contribution in [0.25, 0.3) is 0 Å². The van der Waals surface area contributed by atoms with Gasteiger partial charge in [-0.1, -0.05) is 6.58 Å². The van der Waals surface area contributed by atoms with Gasteiger partial charge in [-0.05, 0) is 31.1 Å². The summed E-state index contributed by atoms with van der Waals surface area (Å²) in [7, 11) is 0. The van der Waals surface area contributed by atoms with Crippen molar-refractivity contribution in [1.29, 1.82) is 0 Å². The van der Waals surface area contributed by atoms with Crippen molar-refractivity contribution in [2.45, 2.75) is 12.8 Å². The number of carbonyl (C=O) groups is 3. The Morgan fingerprint density at radius 2 is 1.68 bits per heavy atom. The first-order valence-electron chi connectivity index (χ1n) is 9.35. The summed E-state index contributed by atoms with van der Waals surface area (Å²) in [5, 5.41) is 0. The summed E-state index contributed by atoms with van der Waals surface area (Å²) in [5.74, 6) is -2.59. The maximum absolute atomic E-state index is 13.8. The smallest absolute Gasteiger partial charge is 0.256 e. The molecule has 28 heavy (non-hydrogen) atoms. The van der Waals surface area contributed by atoms with Gasteiger partial charge in [0.15, 0.2) is 0 Å². The second kappa shape index (κ2) is 8.50. The monoisotopic (exact) mass is 391 g/mol. The highest BCUT2D eigenvalue weighted by Crippen LogP contribution is 2.21. The van der Waals surface area contributed by atoms with E-state index in [1.54, 1.807) is 9.80 Å². The zero-order valence-corrected chi connectivity index (χ0v) is 15.6. The van der Waals surface area contributed by atoms with E-state index in [0.717, 1.165) is 25.0 Å². The summed E-state index contributed by atoms with van der Waals surface area (Å²) in [4.78, 5) is 41.9. The Kier molecular flexibility index (Phi) is 6.06. The van der Waals surface area contributed by atoms with Crippen molar-refractivity contribution in [1.82, 2.24) is 14.7 Å². The first-order chi connectivity index (χ1) is 13.4. The molecule has 1 atom stereocenters. The van der Waals surface area contributed by atoms with Crippen molar-refractivity contribution in [3.8, 4) is 0 Å². The number of nitrogens with zero attached hydrogens (tertiary/aromatic N) is 3. The van der Waals surface area contributed by atoms with Crippen LogP contribution in [0.15, 0.2) is 30.9 Å². The van der Waals surface area contributed by atoms with E-state index < -0.39 is 17.5 Å². The maximum atomic E-state index is 13.8. The topological polar surface area (TPSA) is 60.9 Å². The summed E-state index contributed by atoms with van der Waals surface area (Å²) in [6, 6.07) is 2.87. The minimum Gasteiger partial charge on any atom is -0.339 e. The minimum absolute atomic E-state index is 0.0263. The highest BCUT2D eigenvalue weighted by molar-refractivity contribution is 5.94. The van der Waals surface area contributed by atoms with Crippen LogP contribution in [0.5, 0.6) is 0 Å². The van der Waals surface area contributed by atoms with Crippen LogP contribution < -0.4 is 0 Å². The predicted molar refractivity (Wildman–Crippen MR) is 98.3 cm³/mol. The SMILES string of the molecule is C=CC(=O)N1CCCC(C(=O)N2CCN(C(=O)c3ccc(F)cc3F)CC2)C1. The largest absolute Gasteiger partial charge is 0.339 e. The van der Waals surface area contributed by atoms with E-state index in [4.69, 9.17) is 0 Å². The van der Waals surface area contributed by atoms with E-state index in [-0.39, 0.29) is 36.4 Å². The highest BCUT2D eigenvalue weighted by Gasteiger charge is 2.33. The van der Waals surface area contributed by atoms with E-state index in [2.05, 4.69) is 6.58 Å². The number of piperidine rings is 1. The molecule has 8 heteroatoms. The Balaban J connectivity index is 1.57. The number of carbonyl (C=O) groups excluding carboxylic acids is 3. The Hall–Kier alpha value is -2.77. The summed E-state index contributed by atoms with van der Waals surface area (Å²) in [6.07, 6.45) is 2.74. The van der Waals surface area contributed by atoms with Crippen molar-refractivity contribution < 1.29 is 23.2 Å². The molecule has 2 aliphatic heterocycles. The first kappa shape index (κ1) is 20.0. The van der Waals surface area contributed by atoms with Crippen molar-refractivity contribution >= 4 is 17.7 Å². The summed E-state index contributed by atoms with van der Waals surface area (Å²) >= 11 is 0. The predicted octanol–water partition coefficient (Wildman–Crippen LogP) is 1.67. The average Bonchev–Trinajstić information content (AvgIpc) is 2.72. The van der Waals surface area contributed by atoms with Gasteiger partial charge in [0.2, 0.25) is 11.8 Å². The third-order valence-electron chi connectivity index (χ3n) is 5.30. The van der Waals surface area contributed by atoms with Crippen LogP contribution in [-0.4, -0.2) is 71.7 Å². The van der Waals surface area contributed by atoms with E-state index >= 15 is 0 Å². The van der Waals surface area contributed by atoms with Gasteiger partial charge in [-0.15, -0.1) is 0 Å². The number of rotatable bonds is 3. The summed E-state index contributed by atoms with van der Waals surface area (Å²) < 4.78 is 26.9. The van der Waals surface area contributed by atoms with Crippen LogP contribution in [0, 0.1) is 17.6 Å². The second-order valence-corrected chi connectivity index (χ2v) is 7.07. The highest BCUT2D eigenvalue weighted by atomic mass is 19.1. The van der Waals surface area contributed by atoms with Gasteiger partial charge in [0.05, 0.1) is 11.5 Å². The molecule has 0 bridgehead atoms. The number of amides is 3. The Bertz CT molecular complexity index is 791. The van der Waals surface area contributed by atoms with Gasteiger partial charge >= 0.3 is 0 Å². The van der Waals surface area contributed by atoms with Crippen LogP contribution in [0.4, 0.5) is 8.78 Å². The Morgan fingerprint density at radius 1 is 1.00 bits per heavy atom. The molecule has 1 aromatic rings. The van der Waals surface area contributed by atoms with Gasteiger partial charge in [0.25, 0.3) is 5.91 Å². The van der Waals surface area contributed by atoms with Crippen LogP contribution in [0.2, 0.25) is 0 Å². The van der Waals surface area contributed by atoms with E-state index in [0.29, 0.717) is 32.2 Å². The number of benzene rings is 1. The maximum Gasteiger partial charge on any atom is 0.256 e. The zero-order chi connectivity index (χ0) is 20.3. The fourth-order valence-electron chi connectivity index (χ4n) is 3.73. The molecule has 0 N–H and O–H groups in total. The molecule has 0 radical (unpaired) electrons. The lowest BCUT2D eigenvalue weighted by Gasteiger charge is -2.39. The van der Waals surface area contributed by atoms with Crippen molar-refractivity contribution in [3.63, 3.8) is 0 Å². The summed E-state index contributed by atoms with van der Waals surface area (Å²) in [5.41, 5.74) is -0.174. The second-order valence-electron chi connectivity index (χ2n) is 7.07. The minimum atomic E-state index is -0.891. The van der Waals surface area contributed by atoms with Crippen molar-refractivity contribution in [2.75, 3.05) is 39.3 Å². The van der Waals surface area contributed by atoms with Gasteiger partial charge in [-0.2, -0.15) is 0 Å². The molecule has 1 unspecified atom stereocenters. The summed E-state index contributed by atoms with van der Waals surface area (Å²) in [6.45, 7) is 5.74. The molecule has 2 aliphatic rings. The lowest BCUT2D eigenvalue weighted by molar-refractivity contribution is -0.140. The van der Waals surface area contributed by atoms with Crippen LogP contribution in [0.1, 0.15) is 23.2 Å². The molecule has 6 nitrogen and oxygen atoms in total. The lowest BCUT2D eigenvalue weighted by Crippen LogP contribution is -2.54. The molecule has 0 aliphatic carbocycles. The quantitative estimate of drug-likeness (QED) is 0.737. The van der Waals surface area contributed by atoms with Crippen molar-refractivity contribution in [3.05, 3.63) is 48.1 Å². The lowest BCUT2D eigenvalue weighted by atomic mass is 9.96. The van der Waals surface area contributed by atoms with E-state index in [1.165, 1.54) is 11.0 Å². The fourth-order valence-corrected chi connectivity index (χ4v) is 3.73. The molecule has 2 heterocycles. The molecular weight excluding hydrogens is 368 g/mol. The molecule has 3 amide bonds. The molecule has 2 saturated heterocycles. The van der Waals surface area contributed by atoms with Crippen molar-refractivity contribution in [2.24, 2.45) is 5.92 Å². The molecule has 0 spiro atoms. The van der Waals surface area contributed by atoms with E-state index in [9.17, 15) is 23.2 Å². The molecule has 1 aromatic carbocycles. The molecular formula is C20H23F2N3O3. The number of halogens is 2. The van der Waals surface area contributed by atoms with Gasteiger partial charge in [0, 0.05) is 45.3 Å². The molecule has 150 valence electrons. The molecule has 0 saturated carbocycles.